The van der Waals surface area contributed by atoms with Gasteiger partial charge in [0.25, 0.3) is 5.91 Å². The number of ether oxygens (including phenoxy) is 1. The van der Waals surface area contributed by atoms with Gasteiger partial charge in [-0.15, -0.1) is 0 Å². The maximum atomic E-state index is 12.5. The largest absolute Gasteiger partial charge is 0.434 e. The molecule has 2 rings (SSSR count). The summed E-state index contributed by atoms with van der Waals surface area (Å²) < 4.78 is 31.6. The number of nitrogens with zero attached hydrogens (tertiary/aromatic N) is 3. The van der Waals surface area contributed by atoms with Gasteiger partial charge in [0.2, 0.25) is 0 Å². The Morgan fingerprint density at radius 3 is 2.73 bits per heavy atom. The Hall–Kier alpha value is -1.96. The molecule has 8 heteroatoms. The number of carbonyl (C=O) groups excluding carboxylic acids is 1. The van der Waals surface area contributed by atoms with E-state index in [1.807, 2.05) is 0 Å². The molecule has 0 bridgehead atoms. The number of carbonyl (C=O) groups is 1. The molecular weight excluding hydrogens is 360 g/mol. The van der Waals surface area contributed by atoms with Gasteiger partial charge >= 0.3 is 6.61 Å². The van der Waals surface area contributed by atoms with Crippen LogP contribution in [0, 0.1) is 0 Å². The maximum absolute atomic E-state index is 12.5. The number of para-hydroxylation sites is 1. The van der Waals surface area contributed by atoms with Gasteiger partial charge in [0.15, 0.2) is 0 Å². The van der Waals surface area contributed by atoms with Crippen molar-refractivity contribution in [3.63, 3.8) is 0 Å². The van der Waals surface area contributed by atoms with Gasteiger partial charge in [-0.25, -0.2) is 0 Å². The second-order valence-electron chi connectivity index (χ2n) is 4.60. The lowest BCUT2D eigenvalue weighted by atomic mass is 10.1. The van der Waals surface area contributed by atoms with Crippen LogP contribution in [-0.4, -0.2) is 34.2 Å². The number of hydrogen-bond acceptors (Lipinski definition) is 3. The number of rotatable bonds is 5. The van der Waals surface area contributed by atoms with Crippen LogP contribution in [0.2, 0.25) is 0 Å². The van der Waals surface area contributed by atoms with E-state index in [0.717, 1.165) is 10.2 Å². The summed E-state index contributed by atoms with van der Waals surface area (Å²) in [7, 11) is 3.34. The Balaban J connectivity index is 2.21. The lowest BCUT2D eigenvalue weighted by Gasteiger charge is -2.19. The molecule has 0 fully saturated rings. The second kappa shape index (κ2) is 6.87. The van der Waals surface area contributed by atoms with Crippen LogP contribution in [0.3, 0.4) is 0 Å². The zero-order chi connectivity index (χ0) is 16.3. The molecule has 2 aromatic rings. The Morgan fingerprint density at radius 1 is 1.45 bits per heavy atom. The van der Waals surface area contributed by atoms with Gasteiger partial charge in [0.05, 0.1) is 28.5 Å². The summed E-state index contributed by atoms with van der Waals surface area (Å²) in [5.74, 6) is -0.553. The third kappa shape index (κ3) is 3.62. The number of amides is 1. The molecule has 0 aliphatic carbocycles. The summed E-state index contributed by atoms with van der Waals surface area (Å²) in [6.45, 7) is -2.70. The van der Waals surface area contributed by atoms with Crippen molar-refractivity contribution in [1.29, 1.82) is 0 Å². The van der Waals surface area contributed by atoms with E-state index in [1.54, 1.807) is 31.0 Å². The topological polar surface area (TPSA) is 47.4 Å². The van der Waals surface area contributed by atoms with Gasteiger partial charge < -0.3 is 9.64 Å². The van der Waals surface area contributed by atoms with E-state index < -0.39 is 12.5 Å². The molecule has 1 aromatic heterocycles. The minimum absolute atomic E-state index is 0.0867. The predicted octanol–water partition coefficient (Wildman–Crippen LogP) is 3.06. The van der Waals surface area contributed by atoms with Crippen LogP contribution in [-0.2, 0) is 13.6 Å². The third-order valence-corrected chi connectivity index (χ3v) is 3.74. The lowest BCUT2D eigenvalue weighted by Crippen LogP contribution is -2.28. The fourth-order valence-corrected chi connectivity index (χ4v) is 2.43. The van der Waals surface area contributed by atoms with Gasteiger partial charge in [-0.3, -0.25) is 9.48 Å². The Bertz CT molecular complexity index is 656. The summed E-state index contributed by atoms with van der Waals surface area (Å²) in [4.78, 5) is 13.9. The predicted molar refractivity (Wildman–Crippen MR) is 79.8 cm³/mol. The van der Waals surface area contributed by atoms with E-state index >= 15 is 0 Å². The normalized spacial score (nSPS) is 10.8. The summed E-state index contributed by atoms with van der Waals surface area (Å²) in [6.07, 6.45) is 1.63. The van der Waals surface area contributed by atoms with Crippen molar-refractivity contribution in [1.82, 2.24) is 14.7 Å². The van der Waals surface area contributed by atoms with E-state index in [0.29, 0.717) is 0 Å². The van der Waals surface area contributed by atoms with E-state index in [2.05, 4.69) is 25.8 Å². The molecule has 0 spiro atoms. The summed E-state index contributed by atoms with van der Waals surface area (Å²) in [5.41, 5.74) is 0.881. The SMILES string of the molecule is CN(Cc1c(Br)cnn1C)C(=O)c1ccccc1OC(F)F. The highest BCUT2D eigenvalue weighted by atomic mass is 79.9. The highest BCUT2D eigenvalue weighted by Gasteiger charge is 2.20. The Morgan fingerprint density at radius 2 is 2.14 bits per heavy atom. The number of halogens is 3. The van der Waals surface area contributed by atoms with Gasteiger partial charge in [-0.1, -0.05) is 12.1 Å². The highest BCUT2D eigenvalue weighted by Crippen LogP contribution is 2.23. The van der Waals surface area contributed by atoms with Crippen LogP contribution in [0.4, 0.5) is 8.78 Å². The van der Waals surface area contributed by atoms with Crippen molar-refractivity contribution in [2.24, 2.45) is 7.05 Å². The third-order valence-electron chi connectivity index (χ3n) is 3.08. The van der Waals surface area contributed by atoms with Crippen molar-refractivity contribution in [3.05, 3.63) is 46.2 Å². The van der Waals surface area contributed by atoms with Crippen LogP contribution in [0.15, 0.2) is 34.9 Å². The van der Waals surface area contributed by atoms with Crippen molar-refractivity contribution < 1.29 is 18.3 Å². The van der Waals surface area contributed by atoms with Crippen molar-refractivity contribution in [2.45, 2.75) is 13.2 Å². The first-order valence-corrected chi connectivity index (χ1v) is 7.15. The fraction of sp³-hybridized carbons (Fsp3) is 0.286. The molecule has 1 heterocycles. The molecule has 0 aliphatic heterocycles. The molecule has 1 aromatic carbocycles. The molecule has 5 nitrogen and oxygen atoms in total. The van der Waals surface area contributed by atoms with Crippen LogP contribution >= 0.6 is 15.9 Å². The van der Waals surface area contributed by atoms with Crippen LogP contribution in [0.5, 0.6) is 5.75 Å². The molecule has 0 N–H and O–H groups in total. The summed E-state index contributed by atoms with van der Waals surface area (Å²) >= 11 is 3.35. The average Bonchev–Trinajstić information content (AvgIpc) is 2.78. The monoisotopic (exact) mass is 373 g/mol. The minimum Gasteiger partial charge on any atom is -0.434 e. The highest BCUT2D eigenvalue weighted by molar-refractivity contribution is 9.10. The van der Waals surface area contributed by atoms with Gasteiger partial charge in [0.1, 0.15) is 5.75 Å². The maximum Gasteiger partial charge on any atom is 0.387 e. The lowest BCUT2D eigenvalue weighted by molar-refractivity contribution is -0.0502. The molecule has 0 radical (unpaired) electrons. The minimum atomic E-state index is -2.98. The van der Waals surface area contributed by atoms with Crippen molar-refractivity contribution in [2.75, 3.05) is 7.05 Å². The first-order chi connectivity index (χ1) is 10.4. The van der Waals surface area contributed by atoms with Crippen LogP contribution in [0.1, 0.15) is 16.1 Å². The number of aryl methyl sites for hydroxylation is 1. The van der Waals surface area contributed by atoms with Gasteiger partial charge in [-0.2, -0.15) is 13.9 Å². The number of aromatic nitrogens is 2. The molecular formula is C14H14BrF2N3O2. The Kier molecular flexibility index (Phi) is 5.12. The van der Waals surface area contributed by atoms with Crippen LogP contribution in [0.25, 0.3) is 0 Å². The number of alkyl halides is 2. The molecule has 0 saturated carbocycles. The van der Waals surface area contributed by atoms with Crippen molar-refractivity contribution >= 4 is 21.8 Å². The molecule has 0 unspecified atom stereocenters. The molecule has 0 atom stereocenters. The van der Waals surface area contributed by atoms with E-state index in [1.165, 1.54) is 23.1 Å². The van der Waals surface area contributed by atoms with E-state index in [-0.39, 0.29) is 17.9 Å². The zero-order valence-corrected chi connectivity index (χ0v) is 13.5. The standard InChI is InChI=1S/C14H14BrF2N3O2/c1-19(8-11-10(15)7-18-20(11)2)13(21)9-5-3-4-6-12(9)22-14(16)17/h3-7,14H,8H2,1-2H3. The van der Waals surface area contributed by atoms with Gasteiger partial charge in [0, 0.05) is 14.1 Å². The van der Waals surface area contributed by atoms with Crippen LogP contribution < -0.4 is 4.74 Å². The average molecular weight is 374 g/mol. The van der Waals surface area contributed by atoms with Crippen molar-refractivity contribution in [3.8, 4) is 5.75 Å². The van der Waals surface area contributed by atoms with E-state index in [9.17, 15) is 13.6 Å². The quantitative estimate of drug-likeness (QED) is 0.808. The first-order valence-electron chi connectivity index (χ1n) is 6.36. The zero-order valence-electron chi connectivity index (χ0n) is 12.0. The molecule has 22 heavy (non-hydrogen) atoms. The number of benzene rings is 1. The molecule has 1 amide bonds. The van der Waals surface area contributed by atoms with Gasteiger partial charge in [-0.05, 0) is 28.1 Å². The first kappa shape index (κ1) is 16.4. The number of hydrogen-bond donors (Lipinski definition) is 0. The van der Waals surface area contributed by atoms with E-state index in [4.69, 9.17) is 0 Å². The molecule has 0 saturated heterocycles. The Labute approximate surface area is 134 Å². The smallest absolute Gasteiger partial charge is 0.387 e. The molecule has 0 aliphatic rings. The molecule has 118 valence electrons. The summed E-state index contributed by atoms with van der Waals surface area (Å²) in [5, 5.41) is 4.07. The second-order valence-corrected chi connectivity index (χ2v) is 5.45. The summed E-state index contributed by atoms with van der Waals surface area (Å²) in [6, 6.07) is 5.92. The fourth-order valence-electron chi connectivity index (χ4n) is 1.96.